The third-order valence-electron chi connectivity index (χ3n) is 1.19. The normalized spacial score (nSPS) is 23.2. The number of rotatable bonds is 1. The summed E-state index contributed by atoms with van der Waals surface area (Å²) in [5.41, 5.74) is 0. The van der Waals surface area contributed by atoms with Crippen molar-refractivity contribution in [2.24, 2.45) is 0 Å². The van der Waals surface area contributed by atoms with Crippen molar-refractivity contribution in [3.63, 3.8) is 0 Å². The van der Waals surface area contributed by atoms with Crippen molar-refractivity contribution in [3.8, 4) is 0 Å². The molecule has 0 aromatic rings. The second kappa shape index (κ2) is 3.84. The second-order valence-electron chi connectivity index (χ2n) is 2.00. The quantitative estimate of drug-likeness (QED) is 0.201. The molecule has 6 nitrogen and oxygen atoms in total. The molecule has 1 fully saturated rings. The summed E-state index contributed by atoms with van der Waals surface area (Å²) in [5.74, 6) is -2.14. The first-order valence-corrected chi connectivity index (χ1v) is 4.12. The van der Waals surface area contributed by atoms with Gasteiger partial charge in [0, 0.05) is 0 Å². The molecule has 1 atom stereocenters. The Labute approximate surface area is 91.8 Å². The van der Waals surface area contributed by atoms with Crippen LogP contribution in [0.5, 0.6) is 0 Å². The van der Waals surface area contributed by atoms with Crippen molar-refractivity contribution in [2.45, 2.75) is 11.7 Å². The number of hydrogen-bond donors (Lipinski definition) is 1. The molecule has 1 N–H and O–H groups in total. The summed E-state index contributed by atoms with van der Waals surface area (Å²) < 4.78 is 32.8. The van der Waals surface area contributed by atoms with Crippen molar-refractivity contribution < 1.29 is 58.3 Å². The van der Waals surface area contributed by atoms with Crippen LogP contribution in [0.15, 0.2) is 0 Å². The van der Waals surface area contributed by atoms with E-state index >= 15 is 0 Å². The molecule has 64 valence electrons. The van der Waals surface area contributed by atoms with E-state index in [0.29, 0.717) is 0 Å². The van der Waals surface area contributed by atoms with Crippen LogP contribution in [0.2, 0.25) is 0 Å². The maximum atomic E-state index is 10.4. The van der Waals surface area contributed by atoms with Gasteiger partial charge in [0.1, 0.15) is 0 Å². The average Bonchev–Trinajstić information content (AvgIpc) is 2.08. The van der Waals surface area contributed by atoms with Crippen molar-refractivity contribution in [1.82, 2.24) is 0 Å². The summed E-state index contributed by atoms with van der Waals surface area (Å²) in [6.45, 7) is 0. The van der Waals surface area contributed by atoms with Gasteiger partial charge in [-0.15, -0.1) is 0 Å². The van der Waals surface area contributed by atoms with Crippen molar-refractivity contribution >= 4 is 22.1 Å². The third-order valence-corrected chi connectivity index (χ3v) is 2.27. The molecule has 1 unspecified atom stereocenters. The summed E-state index contributed by atoms with van der Waals surface area (Å²) in [6.07, 6.45) is -0.600. The van der Waals surface area contributed by atoms with Crippen LogP contribution in [0.4, 0.5) is 0 Å². The summed E-state index contributed by atoms with van der Waals surface area (Å²) >= 11 is 0. The number of cyclic esters (lactones) is 2. The standard InChI is InChI=1S/C4H4O6S.Na.H/c5-3-1-2(4(6)10-3)11(7,8)9;;/h2H,1H2,(H,7,8,9);;/q;+1;-1. The Hall–Kier alpha value is 0.0500. The first kappa shape index (κ1) is 12.0. The zero-order valence-corrected chi connectivity index (χ0v) is 9.00. The average molecular weight is 204 g/mol. The van der Waals surface area contributed by atoms with Crippen LogP contribution in [0.1, 0.15) is 7.85 Å². The van der Waals surface area contributed by atoms with Crippen LogP contribution in [0, 0.1) is 0 Å². The summed E-state index contributed by atoms with van der Waals surface area (Å²) in [5, 5.41) is -1.73. The molecule has 0 bridgehead atoms. The van der Waals surface area contributed by atoms with Crippen LogP contribution in [-0.2, 0) is 24.4 Å². The number of carbonyl (C=O) groups excluding carboxylic acids is 2. The molecule has 0 spiro atoms. The number of esters is 2. The molecular weight excluding hydrogens is 199 g/mol. The molecule has 0 saturated carbocycles. The molecule has 1 saturated heterocycles. The Morgan fingerprint density at radius 1 is 1.50 bits per heavy atom. The Morgan fingerprint density at radius 3 is 2.17 bits per heavy atom. The molecule has 1 rings (SSSR count). The van der Waals surface area contributed by atoms with E-state index in [2.05, 4.69) is 4.74 Å². The van der Waals surface area contributed by atoms with E-state index in [4.69, 9.17) is 4.55 Å². The molecule has 12 heavy (non-hydrogen) atoms. The fourth-order valence-electron chi connectivity index (χ4n) is 0.681. The predicted molar refractivity (Wildman–Crippen MR) is 32.2 cm³/mol. The summed E-state index contributed by atoms with van der Waals surface area (Å²) in [4.78, 5) is 20.7. The van der Waals surface area contributed by atoms with Gasteiger partial charge >= 0.3 is 41.5 Å². The van der Waals surface area contributed by atoms with Crippen LogP contribution in [-0.4, -0.2) is 30.2 Å². The van der Waals surface area contributed by atoms with Gasteiger partial charge in [0.2, 0.25) is 0 Å². The molecule has 0 amide bonds. The van der Waals surface area contributed by atoms with Crippen LogP contribution in [0.3, 0.4) is 0 Å². The summed E-state index contributed by atoms with van der Waals surface area (Å²) in [7, 11) is -4.48. The van der Waals surface area contributed by atoms with Crippen molar-refractivity contribution in [3.05, 3.63) is 0 Å². The minimum atomic E-state index is -4.48. The van der Waals surface area contributed by atoms with Crippen LogP contribution in [0.25, 0.3) is 0 Å². The monoisotopic (exact) mass is 204 g/mol. The molecule has 0 aliphatic carbocycles. The van der Waals surface area contributed by atoms with Crippen molar-refractivity contribution in [1.29, 1.82) is 0 Å². The van der Waals surface area contributed by atoms with E-state index < -0.39 is 33.7 Å². The topological polar surface area (TPSA) is 97.7 Å². The van der Waals surface area contributed by atoms with E-state index in [-0.39, 0.29) is 31.0 Å². The summed E-state index contributed by atoms with van der Waals surface area (Å²) in [6, 6.07) is 0. The van der Waals surface area contributed by atoms with E-state index in [1.807, 2.05) is 0 Å². The molecule has 1 aliphatic rings. The Morgan fingerprint density at radius 2 is 2.00 bits per heavy atom. The SMILES string of the molecule is O=C1CC(S(=O)(=O)O)C(=O)O1.[H-].[Na+]. The van der Waals surface area contributed by atoms with Gasteiger partial charge in [0.25, 0.3) is 10.1 Å². The number of ether oxygens (including phenoxy) is 1. The Balaban J connectivity index is 0. The molecule has 8 heteroatoms. The molecule has 0 aromatic carbocycles. The number of hydrogen-bond acceptors (Lipinski definition) is 5. The maximum Gasteiger partial charge on any atom is 1.00 e. The molecule has 1 heterocycles. The van der Waals surface area contributed by atoms with Gasteiger partial charge in [-0.05, 0) is 0 Å². The van der Waals surface area contributed by atoms with Gasteiger partial charge < -0.3 is 6.16 Å². The van der Waals surface area contributed by atoms with Crippen LogP contribution < -0.4 is 29.6 Å². The van der Waals surface area contributed by atoms with E-state index in [9.17, 15) is 18.0 Å². The van der Waals surface area contributed by atoms with Gasteiger partial charge in [-0.2, -0.15) is 8.42 Å². The molecular formula is C4H5NaO6S. The molecule has 0 aromatic heterocycles. The predicted octanol–water partition coefficient (Wildman–Crippen LogP) is -4.17. The second-order valence-corrected chi connectivity index (χ2v) is 3.60. The van der Waals surface area contributed by atoms with E-state index in [0.717, 1.165) is 0 Å². The zero-order valence-electron chi connectivity index (χ0n) is 7.18. The van der Waals surface area contributed by atoms with Crippen LogP contribution >= 0.6 is 0 Å². The first-order valence-electron chi connectivity index (χ1n) is 2.62. The number of carbonyl (C=O) groups is 2. The maximum absolute atomic E-state index is 10.4. The Bertz CT molecular complexity index is 311. The molecule has 1 aliphatic heterocycles. The Kier molecular flexibility index (Phi) is 3.86. The minimum Gasteiger partial charge on any atom is -1.00 e. The van der Waals surface area contributed by atoms with Gasteiger partial charge in [0.15, 0.2) is 5.25 Å². The fourth-order valence-corrected chi connectivity index (χ4v) is 1.32. The van der Waals surface area contributed by atoms with E-state index in [1.165, 1.54) is 0 Å². The van der Waals surface area contributed by atoms with Gasteiger partial charge in [-0.25, -0.2) is 0 Å². The van der Waals surface area contributed by atoms with Gasteiger partial charge in [0.05, 0.1) is 6.42 Å². The molecule has 0 radical (unpaired) electrons. The zero-order chi connectivity index (χ0) is 8.65. The third kappa shape index (κ3) is 2.53. The fraction of sp³-hybridized carbons (Fsp3) is 0.500. The van der Waals surface area contributed by atoms with E-state index in [1.54, 1.807) is 0 Å². The first-order chi connectivity index (χ1) is 4.91. The van der Waals surface area contributed by atoms with Crippen molar-refractivity contribution in [2.75, 3.05) is 0 Å². The van der Waals surface area contributed by atoms with Gasteiger partial charge in [-0.1, -0.05) is 0 Å². The smallest absolute Gasteiger partial charge is 1.00 e. The minimum absolute atomic E-state index is 0. The largest absolute Gasteiger partial charge is 1.00 e. The van der Waals surface area contributed by atoms with Gasteiger partial charge in [-0.3, -0.25) is 14.1 Å².